The molecule has 0 unspecified atom stereocenters. The monoisotopic (exact) mass is 286 g/mol. The molecule has 1 aromatic carbocycles. The summed E-state index contributed by atoms with van der Waals surface area (Å²) >= 11 is 0. The van der Waals surface area contributed by atoms with E-state index in [1.54, 1.807) is 12.1 Å². The van der Waals surface area contributed by atoms with Crippen molar-refractivity contribution >= 4 is 15.7 Å². The molecule has 0 aliphatic heterocycles. The summed E-state index contributed by atoms with van der Waals surface area (Å²) in [6, 6.07) is 6.37. The standard InChI is InChI=1S/C12H18N2O4S/c1-19(16,17)11-6-4-5-10(9-11)18-8-3-2-7-12(13)14-15/h4-6,9,15H,2-3,7-8H2,1H3,(H2,13,14). The smallest absolute Gasteiger partial charge is 0.175 e. The van der Waals surface area contributed by atoms with Gasteiger partial charge in [0.25, 0.3) is 0 Å². The number of hydrogen-bond donors (Lipinski definition) is 2. The van der Waals surface area contributed by atoms with Gasteiger partial charge >= 0.3 is 0 Å². The number of amidine groups is 1. The lowest BCUT2D eigenvalue weighted by Crippen LogP contribution is -2.11. The molecule has 3 N–H and O–H groups in total. The van der Waals surface area contributed by atoms with E-state index in [1.165, 1.54) is 12.1 Å². The summed E-state index contributed by atoms with van der Waals surface area (Å²) < 4.78 is 28.2. The highest BCUT2D eigenvalue weighted by Gasteiger charge is 2.07. The van der Waals surface area contributed by atoms with Gasteiger partial charge in [-0.05, 0) is 31.0 Å². The third-order valence-electron chi connectivity index (χ3n) is 2.46. The van der Waals surface area contributed by atoms with Gasteiger partial charge in [0.05, 0.1) is 11.5 Å². The molecule has 0 aromatic heterocycles. The fourth-order valence-corrected chi connectivity index (χ4v) is 2.10. The summed E-state index contributed by atoms with van der Waals surface area (Å²) in [6.45, 7) is 0.450. The Kier molecular flexibility index (Phi) is 5.62. The molecule has 0 bridgehead atoms. The lowest BCUT2D eigenvalue weighted by molar-refractivity contribution is 0.304. The Morgan fingerprint density at radius 2 is 2.16 bits per heavy atom. The van der Waals surface area contributed by atoms with Crippen LogP contribution < -0.4 is 10.5 Å². The molecular formula is C12H18N2O4S. The molecule has 0 spiro atoms. The zero-order valence-corrected chi connectivity index (χ0v) is 11.6. The summed E-state index contributed by atoms with van der Waals surface area (Å²) in [5, 5.41) is 11.2. The van der Waals surface area contributed by atoms with Gasteiger partial charge < -0.3 is 15.7 Å². The summed E-state index contributed by atoms with van der Waals surface area (Å²) in [6.07, 6.45) is 3.13. The third kappa shape index (κ3) is 5.60. The van der Waals surface area contributed by atoms with E-state index in [0.29, 0.717) is 18.8 Å². The Bertz CT molecular complexity index is 540. The zero-order valence-electron chi connectivity index (χ0n) is 10.7. The molecule has 106 valence electrons. The minimum Gasteiger partial charge on any atom is -0.494 e. The number of nitrogens with two attached hydrogens (primary N) is 1. The Hall–Kier alpha value is -1.76. The largest absolute Gasteiger partial charge is 0.494 e. The van der Waals surface area contributed by atoms with Crippen LogP contribution in [0.5, 0.6) is 5.75 Å². The Morgan fingerprint density at radius 1 is 1.42 bits per heavy atom. The van der Waals surface area contributed by atoms with Crippen molar-refractivity contribution in [2.24, 2.45) is 10.9 Å². The van der Waals surface area contributed by atoms with Crippen molar-refractivity contribution in [3.63, 3.8) is 0 Å². The molecule has 0 heterocycles. The van der Waals surface area contributed by atoms with E-state index in [9.17, 15) is 8.42 Å². The number of nitrogens with zero attached hydrogens (tertiary/aromatic N) is 1. The number of ether oxygens (including phenoxy) is 1. The number of sulfone groups is 1. The van der Waals surface area contributed by atoms with Crippen LogP contribution in [0, 0.1) is 0 Å². The summed E-state index contributed by atoms with van der Waals surface area (Å²) in [4.78, 5) is 0.238. The minimum absolute atomic E-state index is 0.194. The van der Waals surface area contributed by atoms with E-state index in [1.807, 2.05) is 0 Å². The van der Waals surface area contributed by atoms with E-state index in [2.05, 4.69) is 5.16 Å². The average molecular weight is 286 g/mol. The Balaban J connectivity index is 2.42. The highest BCUT2D eigenvalue weighted by molar-refractivity contribution is 7.90. The van der Waals surface area contributed by atoms with Gasteiger partial charge in [0.2, 0.25) is 0 Å². The highest BCUT2D eigenvalue weighted by Crippen LogP contribution is 2.17. The Morgan fingerprint density at radius 3 is 2.79 bits per heavy atom. The van der Waals surface area contributed by atoms with E-state index in [0.717, 1.165) is 19.1 Å². The van der Waals surface area contributed by atoms with Gasteiger partial charge in [-0.15, -0.1) is 0 Å². The molecule has 0 aliphatic rings. The van der Waals surface area contributed by atoms with Crippen LogP contribution in [0.2, 0.25) is 0 Å². The van der Waals surface area contributed by atoms with Gasteiger partial charge in [0.15, 0.2) is 9.84 Å². The maximum atomic E-state index is 11.4. The first-order chi connectivity index (χ1) is 8.93. The molecule has 1 rings (SSSR count). The van der Waals surface area contributed by atoms with E-state index >= 15 is 0 Å². The van der Waals surface area contributed by atoms with E-state index in [-0.39, 0.29) is 10.7 Å². The van der Waals surface area contributed by atoms with Crippen molar-refractivity contribution in [3.8, 4) is 5.75 Å². The van der Waals surface area contributed by atoms with E-state index in [4.69, 9.17) is 15.7 Å². The molecule has 1 aromatic rings. The third-order valence-corrected chi connectivity index (χ3v) is 3.57. The van der Waals surface area contributed by atoms with Gasteiger partial charge in [0.1, 0.15) is 11.6 Å². The highest BCUT2D eigenvalue weighted by atomic mass is 32.2. The molecule has 0 atom stereocenters. The van der Waals surface area contributed by atoms with Crippen LogP contribution in [0.25, 0.3) is 0 Å². The van der Waals surface area contributed by atoms with Crippen molar-refractivity contribution in [3.05, 3.63) is 24.3 Å². The predicted octanol–water partition coefficient (Wildman–Crippen LogP) is 1.39. The van der Waals surface area contributed by atoms with Crippen molar-refractivity contribution < 1.29 is 18.4 Å². The minimum atomic E-state index is -3.22. The lowest BCUT2D eigenvalue weighted by Gasteiger charge is -2.07. The first-order valence-electron chi connectivity index (χ1n) is 5.83. The molecule has 0 radical (unpaired) electrons. The van der Waals surface area contributed by atoms with Crippen molar-refractivity contribution in [1.29, 1.82) is 0 Å². The number of hydrogen-bond acceptors (Lipinski definition) is 5. The van der Waals surface area contributed by atoms with Gasteiger partial charge in [-0.3, -0.25) is 0 Å². The van der Waals surface area contributed by atoms with Crippen LogP contribution in [0.1, 0.15) is 19.3 Å². The topological polar surface area (TPSA) is 102 Å². The molecule has 0 amide bonds. The van der Waals surface area contributed by atoms with Crippen LogP contribution in [-0.4, -0.2) is 32.3 Å². The molecule has 0 fully saturated rings. The average Bonchev–Trinajstić information content (AvgIpc) is 2.37. The summed E-state index contributed by atoms with van der Waals surface area (Å²) in [7, 11) is -3.22. The normalized spacial score (nSPS) is 12.4. The fourth-order valence-electron chi connectivity index (χ4n) is 1.44. The Labute approximate surface area is 112 Å². The molecule has 0 saturated carbocycles. The number of oxime groups is 1. The summed E-state index contributed by atoms with van der Waals surface area (Å²) in [5.41, 5.74) is 5.33. The van der Waals surface area contributed by atoms with Crippen molar-refractivity contribution in [2.45, 2.75) is 24.2 Å². The van der Waals surface area contributed by atoms with E-state index < -0.39 is 9.84 Å². The second-order valence-electron chi connectivity index (χ2n) is 4.14. The molecule has 19 heavy (non-hydrogen) atoms. The zero-order chi connectivity index (χ0) is 14.3. The number of benzene rings is 1. The van der Waals surface area contributed by atoms with Gasteiger partial charge in [-0.25, -0.2) is 8.42 Å². The molecule has 6 nitrogen and oxygen atoms in total. The van der Waals surface area contributed by atoms with Crippen molar-refractivity contribution in [2.75, 3.05) is 12.9 Å². The predicted molar refractivity (Wildman–Crippen MR) is 72.3 cm³/mol. The quantitative estimate of drug-likeness (QED) is 0.259. The summed E-state index contributed by atoms with van der Waals surface area (Å²) in [5.74, 6) is 0.714. The van der Waals surface area contributed by atoms with Gasteiger partial charge in [-0.1, -0.05) is 11.2 Å². The van der Waals surface area contributed by atoms with Crippen LogP contribution >= 0.6 is 0 Å². The maximum Gasteiger partial charge on any atom is 0.175 e. The SMILES string of the molecule is CS(=O)(=O)c1cccc(OCCCC/C(N)=N/O)c1. The van der Waals surface area contributed by atoms with Crippen LogP contribution in [0.3, 0.4) is 0 Å². The number of rotatable bonds is 7. The molecule has 0 saturated heterocycles. The van der Waals surface area contributed by atoms with Crippen LogP contribution in [0.15, 0.2) is 34.3 Å². The first-order valence-corrected chi connectivity index (χ1v) is 7.72. The van der Waals surface area contributed by atoms with Gasteiger partial charge in [-0.2, -0.15) is 0 Å². The second-order valence-corrected chi connectivity index (χ2v) is 6.16. The van der Waals surface area contributed by atoms with Crippen molar-refractivity contribution in [1.82, 2.24) is 0 Å². The molecule has 7 heteroatoms. The molecular weight excluding hydrogens is 268 g/mol. The first kappa shape index (κ1) is 15.3. The maximum absolute atomic E-state index is 11.4. The lowest BCUT2D eigenvalue weighted by atomic mass is 10.2. The molecule has 0 aliphatic carbocycles. The van der Waals surface area contributed by atoms with Crippen LogP contribution in [0.4, 0.5) is 0 Å². The number of unbranched alkanes of at least 4 members (excludes halogenated alkanes) is 1. The second kappa shape index (κ2) is 6.98. The fraction of sp³-hybridized carbons (Fsp3) is 0.417. The van der Waals surface area contributed by atoms with Gasteiger partial charge in [0, 0.05) is 12.7 Å². The van der Waals surface area contributed by atoms with Crippen LogP contribution in [-0.2, 0) is 9.84 Å².